The largest absolute Gasteiger partial charge is 0.477 e. The summed E-state index contributed by atoms with van der Waals surface area (Å²) in [5.41, 5.74) is 6.74. The number of imidazole rings is 1. The number of aliphatic carboxylic acids is 1. The Balaban J connectivity index is 1.37. The summed E-state index contributed by atoms with van der Waals surface area (Å²) in [5.74, 6) is -2.59. The molecular weight excluding hydrogens is 513 g/mol. The van der Waals surface area contributed by atoms with E-state index in [1.807, 2.05) is 0 Å². The maximum absolute atomic E-state index is 13.5. The molecule has 5 rings (SSSR count). The van der Waals surface area contributed by atoms with E-state index in [9.17, 15) is 23.9 Å². The minimum Gasteiger partial charge on any atom is -0.477 e. The first-order valence-electron chi connectivity index (χ1n) is 10.5. The lowest BCUT2D eigenvalue weighted by molar-refractivity contribution is -0.662. The van der Waals surface area contributed by atoms with Crippen LogP contribution in [0.15, 0.2) is 52.5 Å². The number of thiazole rings is 1. The average molecular weight is 533 g/mol. The zero-order valence-electron chi connectivity index (χ0n) is 18.6. The number of nitrogens with zero attached hydrogens (tertiary/aromatic N) is 5. The van der Waals surface area contributed by atoms with Gasteiger partial charge >= 0.3 is 5.97 Å². The Labute approximate surface area is 210 Å². The van der Waals surface area contributed by atoms with Gasteiger partial charge in [-0.05, 0) is 6.07 Å². The van der Waals surface area contributed by atoms with E-state index in [2.05, 4.69) is 15.5 Å². The zero-order valence-corrected chi connectivity index (χ0v) is 20.3. The molecule has 4 N–H and O–H groups in total. The lowest BCUT2D eigenvalue weighted by Gasteiger charge is -2.49. The zero-order chi connectivity index (χ0) is 25.6. The van der Waals surface area contributed by atoms with E-state index in [1.54, 1.807) is 27.4 Å². The Bertz CT molecular complexity index is 1470. The number of carbonyl (C=O) groups excluding carboxylic acids is 2. The first-order chi connectivity index (χ1) is 17.3. The molecule has 0 radical (unpaired) electrons. The normalized spacial score (nSPS) is 19.8. The number of halogens is 1. The lowest BCUT2D eigenvalue weighted by atomic mass is 10.0. The van der Waals surface area contributed by atoms with E-state index in [0.29, 0.717) is 17.0 Å². The van der Waals surface area contributed by atoms with E-state index in [1.165, 1.54) is 41.4 Å². The highest BCUT2D eigenvalue weighted by molar-refractivity contribution is 8.00. The van der Waals surface area contributed by atoms with Gasteiger partial charge in [-0.25, -0.2) is 18.7 Å². The van der Waals surface area contributed by atoms with Crippen LogP contribution in [0.1, 0.15) is 5.69 Å². The van der Waals surface area contributed by atoms with Crippen molar-refractivity contribution in [1.29, 1.82) is 0 Å². The highest BCUT2D eigenvalue weighted by atomic mass is 32.2. The van der Waals surface area contributed by atoms with Crippen molar-refractivity contribution >= 4 is 57.4 Å². The standard InChI is InChI=1S/C21H18FN7O5S2/c1-34-26-14(12-9-36-21(23)24-12)17(30)25-15-18(31)29-16(20(32)33)10(8-35-19(15)29)6-27-4-5-28-7-11(22)2-3-13(27)28/h2-5,7,9,15,19H,6,8H2,1H3,(H3-,23,24,25,30,32,33)/p+1/b26-14-/t15-,19-/m1/s1. The Hall–Kier alpha value is -3.98. The third-order valence-electron chi connectivity index (χ3n) is 5.68. The third kappa shape index (κ3) is 4.05. The highest BCUT2D eigenvalue weighted by Crippen LogP contribution is 2.40. The number of nitrogens with one attached hydrogen (secondary N) is 1. The van der Waals surface area contributed by atoms with Gasteiger partial charge in [-0.3, -0.25) is 14.5 Å². The number of nitrogens with two attached hydrogens (primary N) is 1. The van der Waals surface area contributed by atoms with E-state index >= 15 is 0 Å². The number of aromatic nitrogens is 3. The van der Waals surface area contributed by atoms with E-state index in [-0.39, 0.29) is 28.8 Å². The number of pyridine rings is 1. The Kier molecular flexibility index (Phi) is 6.09. The van der Waals surface area contributed by atoms with E-state index in [0.717, 1.165) is 11.3 Å². The van der Waals surface area contributed by atoms with Gasteiger partial charge in [0.1, 0.15) is 55.1 Å². The van der Waals surface area contributed by atoms with Crippen molar-refractivity contribution in [3.05, 3.63) is 58.9 Å². The van der Waals surface area contributed by atoms with Gasteiger partial charge < -0.3 is 21.0 Å². The second-order valence-electron chi connectivity index (χ2n) is 7.85. The maximum atomic E-state index is 13.5. The fraction of sp³-hybridized carbons (Fsp3) is 0.238. The molecule has 5 heterocycles. The van der Waals surface area contributed by atoms with Crippen molar-refractivity contribution in [3.63, 3.8) is 0 Å². The number of anilines is 1. The summed E-state index contributed by atoms with van der Waals surface area (Å²) in [7, 11) is 1.27. The van der Waals surface area contributed by atoms with Crippen LogP contribution < -0.4 is 15.6 Å². The number of oxime groups is 1. The fourth-order valence-electron chi connectivity index (χ4n) is 4.12. The van der Waals surface area contributed by atoms with Crippen molar-refractivity contribution in [3.8, 4) is 0 Å². The number of carboxylic acids is 1. The quantitative estimate of drug-likeness (QED) is 0.169. The molecule has 15 heteroatoms. The van der Waals surface area contributed by atoms with Gasteiger partial charge in [0.05, 0.1) is 0 Å². The van der Waals surface area contributed by atoms with E-state index < -0.39 is 35.0 Å². The molecule has 2 amide bonds. The van der Waals surface area contributed by atoms with Crippen LogP contribution in [0.2, 0.25) is 0 Å². The molecule has 3 aromatic rings. The first-order valence-corrected chi connectivity index (χ1v) is 12.4. The number of carboxylic acid groups (broad SMARTS) is 1. The fourth-order valence-corrected chi connectivity index (χ4v) is 6.00. The molecule has 0 unspecified atom stereocenters. The molecule has 0 bridgehead atoms. The van der Waals surface area contributed by atoms with Crippen LogP contribution in [0.4, 0.5) is 9.52 Å². The summed E-state index contributed by atoms with van der Waals surface area (Å²) in [6.07, 6.45) is 4.69. The van der Waals surface area contributed by atoms with Gasteiger partial charge in [0, 0.05) is 22.8 Å². The number of amides is 2. The van der Waals surface area contributed by atoms with Crippen LogP contribution in [-0.4, -0.2) is 67.2 Å². The molecule has 0 saturated carbocycles. The number of fused-ring (bicyclic) bond motifs is 2. The molecule has 0 aliphatic carbocycles. The van der Waals surface area contributed by atoms with Crippen LogP contribution in [0.3, 0.4) is 0 Å². The van der Waals surface area contributed by atoms with Crippen molar-refractivity contribution < 1.29 is 33.3 Å². The molecule has 2 atom stereocenters. The minimum absolute atomic E-state index is 0.124. The second-order valence-corrected chi connectivity index (χ2v) is 9.85. The van der Waals surface area contributed by atoms with Gasteiger partial charge in [-0.15, -0.1) is 23.1 Å². The highest BCUT2D eigenvalue weighted by Gasteiger charge is 2.54. The average Bonchev–Trinajstić information content (AvgIpc) is 3.45. The molecule has 0 spiro atoms. The number of hydrogen-bond donors (Lipinski definition) is 3. The van der Waals surface area contributed by atoms with Gasteiger partial charge in [0.15, 0.2) is 16.7 Å². The van der Waals surface area contributed by atoms with Gasteiger partial charge in [0.2, 0.25) is 0 Å². The SMILES string of the molecule is CO/N=C(\C(=O)N[C@@H]1C(=O)N2C(C(=O)O)=C(C[n+]3ccn4cc(F)ccc43)CS[C@H]12)c1csc(N)n1. The van der Waals surface area contributed by atoms with Crippen LogP contribution >= 0.6 is 23.1 Å². The monoisotopic (exact) mass is 532 g/mol. The smallest absolute Gasteiger partial charge is 0.352 e. The van der Waals surface area contributed by atoms with Crippen molar-refractivity contribution in [2.75, 3.05) is 18.6 Å². The van der Waals surface area contributed by atoms with Crippen LogP contribution in [-0.2, 0) is 25.8 Å². The van der Waals surface area contributed by atoms with Crippen LogP contribution in [0, 0.1) is 5.82 Å². The Morgan fingerprint density at radius 1 is 1.44 bits per heavy atom. The van der Waals surface area contributed by atoms with Gasteiger partial charge in [0.25, 0.3) is 17.5 Å². The number of thioether (sulfide) groups is 1. The number of rotatable bonds is 7. The lowest BCUT2D eigenvalue weighted by Crippen LogP contribution is -2.71. The molecule has 12 nitrogen and oxygen atoms in total. The van der Waals surface area contributed by atoms with Crippen LogP contribution in [0.25, 0.3) is 5.65 Å². The van der Waals surface area contributed by atoms with Crippen molar-refractivity contribution in [2.24, 2.45) is 5.16 Å². The Morgan fingerprint density at radius 3 is 2.94 bits per heavy atom. The molecule has 1 fully saturated rings. The molecule has 0 aromatic carbocycles. The van der Waals surface area contributed by atoms with Crippen molar-refractivity contribution in [2.45, 2.75) is 18.0 Å². The summed E-state index contributed by atoms with van der Waals surface area (Å²) in [6.45, 7) is 0.195. The number of β-lactam (4-membered cyclic amide) rings is 1. The molecular formula is C21H19FN7O5S2+. The summed E-state index contributed by atoms with van der Waals surface area (Å²) in [5, 5.41) is 17.4. The molecule has 186 valence electrons. The maximum Gasteiger partial charge on any atom is 0.352 e. The summed E-state index contributed by atoms with van der Waals surface area (Å²) in [6, 6.07) is 1.95. The van der Waals surface area contributed by atoms with Crippen LogP contribution in [0.5, 0.6) is 0 Å². The van der Waals surface area contributed by atoms with E-state index in [4.69, 9.17) is 10.6 Å². The first kappa shape index (κ1) is 23.7. The van der Waals surface area contributed by atoms with Crippen molar-refractivity contribution in [1.82, 2.24) is 19.6 Å². The number of nitrogen functional groups attached to an aromatic ring is 1. The molecule has 36 heavy (non-hydrogen) atoms. The predicted octanol–water partition coefficient (Wildman–Crippen LogP) is 0.194. The second kappa shape index (κ2) is 9.23. The summed E-state index contributed by atoms with van der Waals surface area (Å²) < 4.78 is 16.9. The summed E-state index contributed by atoms with van der Waals surface area (Å²) in [4.78, 5) is 48.0. The molecule has 2 aliphatic heterocycles. The topological polar surface area (TPSA) is 156 Å². The van der Waals surface area contributed by atoms with Gasteiger partial charge in [-0.2, -0.15) is 4.40 Å². The number of hydrogen-bond acceptors (Lipinski definition) is 9. The molecule has 3 aromatic heterocycles. The predicted molar refractivity (Wildman–Crippen MR) is 127 cm³/mol. The number of carbonyl (C=O) groups is 3. The molecule has 2 aliphatic rings. The Morgan fingerprint density at radius 2 is 2.25 bits per heavy atom. The molecule has 1 saturated heterocycles. The minimum atomic E-state index is -1.25. The third-order valence-corrected chi connectivity index (χ3v) is 7.69. The summed E-state index contributed by atoms with van der Waals surface area (Å²) >= 11 is 2.45. The van der Waals surface area contributed by atoms with Gasteiger partial charge in [-0.1, -0.05) is 5.16 Å².